The van der Waals surface area contributed by atoms with Crippen molar-refractivity contribution in [3.63, 3.8) is 0 Å². The summed E-state index contributed by atoms with van der Waals surface area (Å²) < 4.78 is 41.5. The molecule has 1 aliphatic rings. The molecule has 130 valence electrons. The molecule has 7 nitrogen and oxygen atoms in total. The summed E-state index contributed by atoms with van der Waals surface area (Å²) in [4.78, 5) is 4.59. The van der Waals surface area contributed by atoms with Crippen molar-refractivity contribution in [1.29, 1.82) is 0 Å². The first-order chi connectivity index (χ1) is 12.0. The Bertz CT molecular complexity index is 1060. The Hall–Kier alpha value is -2.55. The van der Waals surface area contributed by atoms with E-state index in [1.54, 1.807) is 19.1 Å². The maximum atomic E-state index is 13.7. The number of rotatable bonds is 5. The van der Waals surface area contributed by atoms with Crippen molar-refractivity contribution >= 4 is 26.9 Å². The van der Waals surface area contributed by atoms with Gasteiger partial charge in [0.25, 0.3) is 0 Å². The molecule has 3 aromatic rings. The molecule has 4 rings (SSSR count). The monoisotopic (exact) mass is 361 g/mol. The van der Waals surface area contributed by atoms with Crippen LogP contribution in [0.1, 0.15) is 25.8 Å². The van der Waals surface area contributed by atoms with Crippen LogP contribution in [0.4, 0.5) is 10.2 Å². The zero-order valence-electron chi connectivity index (χ0n) is 13.5. The Kier molecular flexibility index (Phi) is 3.68. The van der Waals surface area contributed by atoms with Gasteiger partial charge in [-0.1, -0.05) is 0 Å². The second-order valence-corrected chi connectivity index (χ2v) is 8.02. The summed E-state index contributed by atoms with van der Waals surface area (Å²) in [5.41, 5.74) is 2.05. The topological polar surface area (TPSA) is 89.8 Å². The predicted molar refractivity (Wildman–Crippen MR) is 92.1 cm³/mol. The van der Waals surface area contributed by atoms with E-state index in [9.17, 15) is 12.8 Å². The molecule has 0 radical (unpaired) electrons. The molecule has 0 unspecified atom stereocenters. The quantitative estimate of drug-likeness (QED) is 0.755. The average molecular weight is 361 g/mol. The number of hydrogen-bond donors (Lipinski definition) is 1. The third-order valence-electron chi connectivity index (χ3n) is 4.12. The van der Waals surface area contributed by atoms with E-state index in [1.165, 1.54) is 18.3 Å². The minimum Gasteiger partial charge on any atom is -0.321 e. The molecule has 0 aliphatic heterocycles. The van der Waals surface area contributed by atoms with Gasteiger partial charge in [-0.3, -0.25) is 4.72 Å². The Morgan fingerprint density at radius 3 is 2.84 bits per heavy atom. The Labute approximate surface area is 144 Å². The molecule has 0 atom stereocenters. The fraction of sp³-hybridized carbons (Fsp3) is 0.312. The third kappa shape index (κ3) is 3.07. The van der Waals surface area contributed by atoms with Crippen LogP contribution in [-0.4, -0.2) is 33.9 Å². The van der Waals surface area contributed by atoms with Crippen LogP contribution in [0.5, 0.6) is 0 Å². The first kappa shape index (κ1) is 15.9. The zero-order valence-corrected chi connectivity index (χ0v) is 14.3. The minimum absolute atomic E-state index is 0.0568. The van der Waals surface area contributed by atoms with E-state index in [0.29, 0.717) is 16.9 Å². The minimum atomic E-state index is -3.45. The number of imidazole rings is 1. The summed E-state index contributed by atoms with van der Waals surface area (Å²) in [5.74, 6) is 0.402. The second kappa shape index (κ2) is 5.76. The van der Waals surface area contributed by atoms with Gasteiger partial charge >= 0.3 is 0 Å². The molecule has 9 heteroatoms. The lowest BCUT2D eigenvalue weighted by molar-refractivity contribution is 0.602. The molecule has 1 fully saturated rings. The highest BCUT2D eigenvalue weighted by atomic mass is 32.2. The number of benzene rings is 1. The van der Waals surface area contributed by atoms with Gasteiger partial charge in [0, 0.05) is 11.6 Å². The van der Waals surface area contributed by atoms with Crippen LogP contribution < -0.4 is 4.72 Å². The van der Waals surface area contributed by atoms with Gasteiger partial charge in [0.05, 0.1) is 23.0 Å². The lowest BCUT2D eigenvalue weighted by atomic mass is 10.3. The van der Waals surface area contributed by atoms with Crippen LogP contribution in [0.3, 0.4) is 0 Å². The highest BCUT2D eigenvalue weighted by molar-refractivity contribution is 7.92. The number of anilines is 1. The summed E-state index contributed by atoms with van der Waals surface area (Å²) in [6.45, 7) is 1.54. The molecular weight excluding hydrogens is 345 g/mol. The second-order valence-electron chi connectivity index (χ2n) is 6.00. The lowest BCUT2D eigenvalue weighted by Gasteiger charge is -2.09. The van der Waals surface area contributed by atoms with E-state index < -0.39 is 10.0 Å². The van der Waals surface area contributed by atoms with Gasteiger partial charge in [-0.2, -0.15) is 5.10 Å². The maximum Gasteiger partial charge on any atom is 0.233 e. The highest BCUT2D eigenvalue weighted by Crippen LogP contribution is 2.41. The third-order valence-corrected chi connectivity index (χ3v) is 5.40. The summed E-state index contributed by atoms with van der Waals surface area (Å²) in [7, 11) is -3.45. The number of nitrogens with zero attached hydrogens (tertiary/aromatic N) is 4. The van der Waals surface area contributed by atoms with E-state index in [2.05, 4.69) is 19.9 Å². The van der Waals surface area contributed by atoms with E-state index >= 15 is 0 Å². The predicted octanol–water partition coefficient (Wildman–Crippen LogP) is 2.73. The normalized spacial score (nSPS) is 14.8. The van der Waals surface area contributed by atoms with Gasteiger partial charge in [0.2, 0.25) is 10.0 Å². The summed E-state index contributed by atoms with van der Waals surface area (Å²) in [6, 6.07) is 6.35. The van der Waals surface area contributed by atoms with Gasteiger partial charge in [0.1, 0.15) is 11.6 Å². The summed E-state index contributed by atoms with van der Waals surface area (Å²) >= 11 is 0. The van der Waals surface area contributed by atoms with Crippen LogP contribution in [0.25, 0.3) is 22.4 Å². The summed E-state index contributed by atoms with van der Waals surface area (Å²) in [5, 5.41) is 7.70. The average Bonchev–Trinajstić information content (AvgIpc) is 3.35. The Morgan fingerprint density at radius 2 is 2.12 bits per heavy atom. The number of hydrogen-bond acceptors (Lipinski definition) is 5. The molecule has 0 bridgehead atoms. The molecule has 0 saturated heterocycles. The van der Waals surface area contributed by atoms with Crippen molar-refractivity contribution in [2.24, 2.45) is 0 Å². The smallest absolute Gasteiger partial charge is 0.233 e. The Balaban J connectivity index is 1.83. The molecule has 0 amide bonds. The zero-order chi connectivity index (χ0) is 17.6. The van der Waals surface area contributed by atoms with Crippen molar-refractivity contribution in [3.8, 4) is 11.4 Å². The van der Waals surface area contributed by atoms with Crippen molar-refractivity contribution in [2.45, 2.75) is 25.8 Å². The SMILES string of the molecule is CCS(=O)(=O)Nc1cc(-c2nc3ccc(F)cc3n2C2CC2)cnn1. The van der Waals surface area contributed by atoms with Crippen LogP contribution in [0, 0.1) is 5.82 Å². The molecule has 2 aromatic heterocycles. The van der Waals surface area contributed by atoms with Crippen LogP contribution >= 0.6 is 0 Å². The molecule has 2 heterocycles. The van der Waals surface area contributed by atoms with Crippen molar-refractivity contribution < 1.29 is 12.8 Å². The van der Waals surface area contributed by atoms with Gasteiger partial charge in [-0.25, -0.2) is 17.8 Å². The van der Waals surface area contributed by atoms with Crippen molar-refractivity contribution in [3.05, 3.63) is 36.3 Å². The van der Waals surface area contributed by atoms with Crippen LogP contribution in [0.15, 0.2) is 30.5 Å². The number of sulfonamides is 1. The van der Waals surface area contributed by atoms with Crippen LogP contribution in [-0.2, 0) is 10.0 Å². The molecule has 1 aromatic carbocycles. The number of aromatic nitrogens is 4. The highest BCUT2D eigenvalue weighted by Gasteiger charge is 2.29. The van der Waals surface area contributed by atoms with Gasteiger partial charge in [-0.05, 0) is 44.0 Å². The molecule has 25 heavy (non-hydrogen) atoms. The lowest BCUT2D eigenvalue weighted by Crippen LogP contribution is -2.16. The fourth-order valence-electron chi connectivity index (χ4n) is 2.74. The number of nitrogens with one attached hydrogen (secondary N) is 1. The van der Waals surface area contributed by atoms with Gasteiger partial charge < -0.3 is 4.57 Å². The number of halogens is 1. The summed E-state index contributed by atoms with van der Waals surface area (Å²) in [6.07, 6.45) is 3.53. The van der Waals surface area contributed by atoms with Crippen LogP contribution in [0.2, 0.25) is 0 Å². The van der Waals surface area contributed by atoms with Gasteiger partial charge in [-0.15, -0.1) is 5.10 Å². The maximum absolute atomic E-state index is 13.7. The van der Waals surface area contributed by atoms with Gasteiger partial charge in [0.15, 0.2) is 5.82 Å². The molecule has 0 spiro atoms. The van der Waals surface area contributed by atoms with Crippen molar-refractivity contribution in [2.75, 3.05) is 10.5 Å². The number of fused-ring (bicyclic) bond motifs is 1. The van der Waals surface area contributed by atoms with E-state index in [1.807, 2.05) is 4.57 Å². The van der Waals surface area contributed by atoms with E-state index in [-0.39, 0.29) is 23.4 Å². The molecule has 1 saturated carbocycles. The molecule has 1 N–H and O–H groups in total. The first-order valence-electron chi connectivity index (χ1n) is 7.98. The van der Waals surface area contributed by atoms with Crippen molar-refractivity contribution in [1.82, 2.24) is 19.7 Å². The van der Waals surface area contributed by atoms with E-state index in [4.69, 9.17) is 0 Å². The largest absolute Gasteiger partial charge is 0.321 e. The first-order valence-corrected chi connectivity index (χ1v) is 9.63. The standard InChI is InChI=1S/C16H16FN5O2S/c1-2-25(23,24)21-15-7-10(9-18-20-15)16-19-13-6-3-11(17)8-14(13)22(16)12-4-5-12/h3,6-9,12H,2,4-5H2,1H3,(H,20,21). The molecule has 1 aliphatic carbocycles. The molecular formula is C16H16FN5O2S. The fourth-order valence-corrected chi connectivity index (χ4v) is 3.31. The van der Waals surface area contributed by atoms with E-state index in [0.717, 1.165) is 18.4 Å². The Morgan fingerprint density at radius 1 is 1.32 bits per heavy atom.